The molecule has 5 nitrogen and oxygen atoms in total. The maximum Gasteiger partial charge on any atom is 0.244 e. The average Bonchev–Trinajstić information content (AvgIpc) is 2.75. The van der Waals surface area contributed by atoms with Crippen LogP contribution in [0.4, 0.5) is 0 Å². The Hall–Kier alpha value is -1.13. The summed E-state index contributed by atoms with van der Waals surface area (Å²) < 4.78 is 26.9. The Bertz CT molecular complexity index is 647. The maximum absolute atomic E-state index is 12.8. The fourth-order valence-electron chi connectivity index (χ4n) is 2.52. The molecule has 1 fully saturated rings. The van der Waals surface area contributed by atoms with Crippen molar-refractivity contribution in [2.45, 2.75) is 30.2 Å². The van der Waals surface area contributed by atoms with E-state index in [1.54, 1.807) is 7.05 Å². The summed E-state index contributed by atoms with van der Waals surface area (Å²) in [6.07, 6.45) is 2.51. The summed E-state index contributed by atoms with van der Waals surface area (Å²) in [6.45, 7) is 1.70. The van der Waals surface area contributed by atoms with Gasteiger partial charge in [-0.05, 0) is 50.6 Å². The van der Waals surface area contributed by atoms with Gasteiger partial charge in [-0.3, -0.25) is 0 Å². The first-order valence-corrected chi connectivity index (χ1v) is 8.67. The van der Waals surface area contributed by atoms with Crippen molar-refractivity contribution in [3.8, 4) is 6.07 Å². The van der Waals surface area contributed by atoms with Crippen LogP contribution >= 0.6 is 11.6 Å². The lowest BCUT2D eigenvalue weighted by Crippen LogP contribution is -2.37. The van der Waals surface area contributed by atoms with Gasteiger partial charge in [0.15, 0.2) is 0 Å². The fraction of sp³-hybridized carbons (Fsp3) is 0.500. The molecule has 1 unspecified atom stereocenters. The van der Waals surface area contributed by atoms with Crippen molar-refractivity contribution in [3.63, 3.8) is 0 Å². The van der Waals surface area contributed by atoms with E-state index in [1.165, 1.54) is 22.5 Å². The topological polar surface area (TPSA) is 73.2 Å². The molecule has 1 aliphatic heterocycles. The Kier molecular flexibility index (Phi) is 5.22. The number of hydrogen-bond donors (Lipinski definition) is 1. The quantitative estimate of drug-likeness (QED) is 0.921. The second-order valence-corrected chi connectivity index (χ2v) is 7.51. The highest BCUT2D eigenvalue weighted by atomic mass is 35.5. The van der Waals surface area contributed by atoms with Crippen molar-refractivity contribution >= 4 is 21.6 Å². The molecule has 7 heteroatoms. The lowest BCUT2D eigenvalue weighted by atomic mass is 10.1. The molecule has 21 heavy (non-hydrogen) atoms. The van der Waals surface area contributed by atoms with Crippen LogP contribution in [0.3, 0.4) is 0 Å². The molecule has 0 aliphatic carbocycles. The van der Waals surface area contributed by atoms with E-state index in [9.17, 15) is 8.42 Å². The van der Waals surface area contributed by atoms with Crippen LogP contribution in [0, 0.1) is 11.3 Å². The van der Waals surface area contributed by atoms with Crippen LogP contribution in [0.2, 0.25) is 5.02 Å². The zero-order chi connectivity index (χ0) is 15.5. The number of benzene rings is 1. The van der Waals surface area contributed by atoms with Gasteiger partial charge in [-0.25, -0.2) is 8.42 Å². The molecule has 1 heterocycles. The van der Waals surface area contributed by atoms with E-state index in [1.807, 2.05) is 6.07 Å². The van der Waals surface area contributed by atoms with Crippen LogP contribution < -0.4 is 5.32 Å². The summed E-state index contributed by atoms with van der Waals surface area (Å²) in [6, 6.07) is 6.18. The lowest BCUT2D eigenvalue weighted by Gasteiger charge is -2.26. The van der Waals surface area contributed by atoms with Crippen molar-refractivity contribution in [2.24, 2.45) is 0 Å². The van der Waals surface area contributed by atoms with E-state index in [0.717, 1.165) is 32.4 Å². The number of hydrogen-bond acceptors (Lipinski definition) is 4. The Morgan fingerprint density at radius 2 is 2.14 bits per heavy atom. The minimum absolute atomic E-state index is 0.0165. The predicted molar refractivity (Wildman–Crippen MR) is 81.6 cm³/mol. The van der Waals surface area contributed by atoms with Gasteiger partial charge in [0, 0.05) is 18.1 Å². The van der Waals surface area contributed by atoms with Gasteiger partial charge in [-0.2, -0.15) is 9.57 Å². The van der Waals surface area contributed by atoms with E-state index in [2.05, 4.69) is 5.32 Å². The molecule has 0 saturated carbocycles. The first-order chi connectivity index (χ1) is 9.96. The van der Waals surface area contributed by atoms with Crippen molar-refractivity contribution in [3.05, 3.63) is 28.8 Å². The van der Waals surface area contributed by atoms with Crippen molar-refractivity contribution in [1.82, 2.24) is 9.62 Å². The fourth-order valence-corrected chi connectivity index (χ4v) is 4.34. The smallest absolute Gasteiger partial charge is 0.244 e. The molecular weight excluding hydrogens is 310 g/mol. The van der Waals surface area contributed by atoms with E-state index in [-0.39, 0.29) is 16.5 Å². The lowest BCUT2D eigenvalue weighted by molar-refractivity contribution is 0.341. The van der Waals surface area contributed by atoms with Crippen LogP contribution in [0.15, 0.2) is 23.1 Å². The Balaban J connectivity index is 2.37. The van der Waals surface area contributed by atoms with Crippen LogP contribution in [0.5, 0.6) is 0 Å². The maximum atomic E-state index is 12.8. The Morgan fingerprint density at radius 1 is 1.38 bits per heavy atom. The van der Waals surface area contributed by atoms with Gasteiger partial charge in [0.05, 0.1) is 5.56 Å². The average molecular weight is 328 g/mol. The number of sulfonamides is 1. The first kappa shape index (κ1) is 16.2. The largest absolute Gasteiger partial charge is 0.317 e. The van der Waals surface area contributed by atoms with Gasteiger partial charge < -0.3 is 5.32 Å². The number of halogens is 1. The standard InChI is InChI=1S/C14H18ClN3O2S/c1-18(13-3-2-7-17-8-6-13)21(19,20)14-9-12(15)5-4-11(14)10-16/h4-5,9,13,17H,2-3,6-8H2,1H3. The zero-order valence-corrected chi connectivity index (χ0v) is 13.4. The normalized spacial score (nSPS) is 20.0. The third kappa shape index (κ3) is 3.55. The van der Waals surface area contributed by atoms with Gasteiger partial charge in [-0.1, -0.05) is 11.6 Å². The molecule has 1 atom stereocenters. The molecule has 0 spiro atoms. The molecule has 0 aromatic heterocycles. The summed E-state index contributed by atoms with van der Waals surface area (Å²) in [5.41, 5.74) is 0.123. The van der Waals surface area contributed by atoms with Crippen LogP contribution in [-0.4, -0.2) is 38.9 Å². The minimum Gasteiger partial charge on any atom is -0.317 e. The second-order valence-electron chi connectivity index (χ2n) is 5.11. The number of nitrogens with zero attached hydrogens (tertiary/aromatic N) is 2. The van der Waals surface area contributed by atoms with Crippen LogP contribution in [-0.2, 0) is 10.0 Å². The van der Waals surface area contributed by atoms with Crippen LogP contribution in [0.1, 0.15) is 24.8 Å². The monoisotopic (exact) mass is 327 g/mol. The molecule has 2 rings (SSSR count). The molecule has 0 radical (unpaired) electrons. The van der Waals surface area contributed by atoms with E-state index in [4.69, 9.17) is 16.9 Å². The van der Waals surface area contributed by atoms with Gasteiger partial charge in [0.25, 0.3) is 0 Å². The second kappa shape index (κ2) is 6.75. The van der Waals surface area contributed by atoms with E-state index in [0.29, 0.717) is 5.02 Å². The van der Waals surface area contributed by atoms with Crippen molar-refractivity contribution in [1.29, 1.82) is 5.26 Å². The molecule has 0 bridgehead atoms. The molecule has 1 saturated heterocycles. The predicted octanol–water partition coefficient (Wildman–Crippen LogP) is 1.97. The third-order valence-corrected chi connectivity index (χ3v) is 5.97. The molecule has 1 aliphatic rings. The Labute approximate surface area is 130 Å². The first-order valence-electron chi connectivity index (χ1n) is 6.85. The molecule has 1 aromatic carbocycles. The van der Waals surface area contributed by atoms with Gasteiger partial charge >= 0.3 is 0 Å². The van der Waals surface area contributed by atoms with Crippen LogP contribution in [0.25, 0.3) is 0 Å². The van der Waals surface area contributed by atoms with Gasteiger partial charge in [0.1, 0.15) is 11.0 Å². The summed E-state index contributed by atoms with van der Waals surface area (Å²) in [7, 11) is -2.14. The third-order valence-electron chi connectivity index (χ3n) is 3.78. The van der Waals surface area contributed by atoms with Crippen molar-refractivity contribution < 1.29 is 8.42 Å². The SMILES string of the molecule is CN(C1CCCNCC1)S(=O)(=O)c1cc(Cl)ccc1C#N. The number of nitrogens with one attached hydrogen (secondary N) is 1. The summed E-state index contributed by atoms with van der Waals surface area (Å²) in [5.74, 6) is 0. The van der Waals surface area contributed by atoms with E-state index < -0.39 is 10.0 Å². The van der Waals surface area contributed by atoms with Crippen molar-refractivity contribution in [2.75, 3.05) is 20.1 Å². The summed E-state index contributed by atoms with van der Waals surface area (Å²) in [4.78, 5) is -0.0165. The van der Waals surface area contributed by atoms with E-state index >= 15 is 0 Å². The minimum atomic E-state index is -3.72. The molecule has 0 amide bonds. The van der Waals surface area contributed by atoms with Gasteiger partial charge in [0.2, 0.25) is 10.0 Å². The highest BCUT2D eigenvalue weighted by Gasteiger charge is 2.30. The highest BCUT2D eigenvalue weighted by molar-refractivity contribution is 7.89. The molecule has 114 valence electrons. The highest BCUT2D eigenvalue weighted by Crippen LogP contribution is 2.26. The summed E-state index contributed by atoms with van der Waals surface area (Å²) in [5, 5.41) is 12.7. The van der Waals surface area contributed by atoms with Gasteiger partial charge in [-0.15, -0.1) is 0 Å². The zero-order valence-electron chi connectivity index (χ0n) is 11.8. The number of nitriles is 1. The molecule has 1 aromatic rings. The molecular formula is C14H18ClN3O2S. The summed E-state index contributed by atoms with van der Waals surface area (Å²) >= 11 is 5.89. The number of rotatable bonds is 3. The Morgan fingerprint density at radius 3 is 2.86 bits per heavy atom. The molecule has 1 N–H and O–H groups in total.